The number of rotatable bonds is 1. The van der Waals surface area contributed by atoms with Gasteiger partial charge in [-0.2, -0.15) is 5.90 Å². The van der Waals surface area contributed by atoms with Gasteiger partial charge < -0.3 is 4.84 Å². The van der Waals surface area contributed by atoms with Gasteiger partial charge in [-0.15, -0.1) is 0 Å². The zero-order chi connectivity index (χ0) is 6.69. The summed E-state index contributed by atoms with van der Waals surface area (Å²) in [6.07, 6.45) is 1.03. The van der Waals surface area contributed by atoms with Crippen LogP contribution in [0.1, 0.15) is 0 Å². The summed E-state index contributed by atoms with van der Waals surface area (Å²) in [6.45, 7) is 0. The Morgan fingerprint density at radius 2 is 2.33 bits per heavy atom. The molecule has 1 rings (SSSR count). The third kappa shape index (κ3) is 1.36. The summed E-state index contributed by atoms with van der Waals surface area (Å²) in [5.74, 6) is 4.51. The zero-order valence-electron chi connectivity index (χ0n) is 4.54. The fourth-order valence-electron chi connectivity index (χ4n) is 0.432. The van der Waals surface area contributed by atoms with Crippen molar-refractivity contribution in [2.75, 3.05) is 0 Å². The molecule has 0 unspecified atom stereocenters. The Kier molecular flexibility index (Phi) is 1.60. The standard InChI is InChI=1S/C5H5FN2O/c6-4-1-2-5(9-7)8-3-4/h1-3H,7H2. The van der Waals surface area contributed by atoms with E-state index in [0.717, 1.165) is 6.20 Å². The third-order valence-corrected chi connectivity index (χ3v) is 0.821. The van der Waals surface area contributed by atoms with Crippen LogP contribution in [0.4, 0.5) is 4.39 Å². The van der Waals surface area contributed by atoms with Crippen molar-refractivity contribution in [3.8, 4) is 5.88 Å². The fourth-order valence-corrected chi connectivity index (χ4v) is 0.432. The van der Waals surface area contributed by atoms with Crippen LogP contribution < -0.4 is 10.7 Å². The van der Waals surface area contributed by atoms with Crippen LogP contribution in [0, 0.1) is 5.82 Å². The van der Waals surface area contributed by atoms with Crippen LogP contribution in [-0.4, -0.2) is 4.98 Å². The SMILES string of the molecule is NOc1ccc(F)cn1. The van der Waals surface area contributed by atoms with Crippen LogP contribution in [0.25, 0.3) is 0 Å². The maximum atomic E-state index is 12.1. The molecule has 48 valence electrons. The van der Waals surface area contributed by atoms with E-state index in [1.807, 2.05) is 0 Å². The van der Waals surface area contributed by atoms with Gasteiger partial charge in [0.15, 0.2) is 0 Å². The monoisotopic (exact) mass is 128 g/mol. The topological polar surface area (TPSA) is 48.1 Å². The summed E-state index contributed by atoms with van der Waals surface area (Å²) in [7, 11) is 0. The highest BCUT2D eigenvalue weighted by Crippen LogP contribution is 2.02. The van der Waals surface area contributed by atoms with Gasteiger partial charge in [0.1, 0.15) is 5.82 Å². The van der Waals surface area contributed by atoms with Gasteiger partial charge in [-0.1, -0.05) is 0 Å². The maximum Gasteiger partial charge on any atom is 0.237 e. The Morgan fingerprint density at radius 3 is 2.78 bits per heavy atom. The van der Waals surface area contributed by atoms with Gasteiger partial charge in [-0.3, -0.25) is 0 Å². The summed E-state index contributed by atoms with van der Waals surface area (Å²) < 4.78 is 12.1. The second-order valence-electron chi connectivity index (χ2n) is 1.43. The van der Waals surface area contributed by atoms with E-state index in [9.17, 15) is 4.39 Å². The van der Waals surface area contributed by atoms with Crippen molar-refractivity contribution >= 4 is 0 Å². The van der Waals surface area contributed by atoms with E-state index in [0.29, 0.717) is 0 Å². The minimum absolute atomic E-state index is 0.205. The summed E-state index contributed by atoms with van der Waals surface area (Å²) in [6, 6.07) is 2.56. The van der Waals surface area contributed by atoms with Crippen molar-refractivity contribution in [1.29, 1.82) is 0 Å². The highest BCUT2D eigenvalue weighted by Gasteiger charge is 1.90. The average molecular weight is 128 g/mol. The second kappa shape index (κ2) is 2.41. The third-order valence-electron chi connectivity index (χ3n) is 0.821. The summed E-state index contributed by atoms with van der Waals surface area (Å²) in [4.78, 5) is 7.67. The molecule has 1 heterocycles. The Hall–Kier alpha value is -1.16. The van der Waals surface area contributed by atoms with Crippen LogP contribution in [-0.2, 0) is 0 Å². The molecule has 2 N–H and O–H groups in total. The van der Waals surface area contributed by atoms with Gasteiger partial charge >= 0.3 is 0 Å². The minimum atomic E-state index is -0.407. The lowest BCUT2D eigenvalue weighted by Gasteiger charge is -1.93. The molecule has 0 fully saturated rings. The van der Waals surface area contributed by atoms with Crippen molar-refractivity contribution in [2.45, 2.75) is 0 Å². The first-order valence-electron chi connectivity index (χ1n) is 2.31. The first-order valence-corrected chi connectivity index (χ1v) is 2.31. The molecule has 1 aromatic rings. The van der Waals surface area contributed by atoms with E-state index in [2.05, 4.69) is 9.82 Å². The molecule has 0 aliphatic rings. The molecule has 0 aliphatic carbocycles. The predicted octanol–water partition coefficient (Wildman–Crippen LogP) is 0.473. The molecular formula is C5H5FN2O. The second-order valence-corrected chi connectivity index (χ2v) is 1.43. The predicted molar refractivity (Wildman–Crippen MR) is 29.0 cm³/mol. The molecule has 0 radical (unpaired) electrons. The van der Waals surface area contributed by atoms with Crippen LogP contribution in [0.3, 0.4) is 0 Å². The van der Waals surface area contributed by atoms with Crippen LogP contribution in [0.5, 0.6) is 5.88 Å². The molecule has 0 aromatic carbocycles. The van der Waals surface area contributed by atoms with Crippen molar-refractivity contribution in [3.63, 3.8) is 0 Å². The fraction of sp³-hybridized carbons (Fsp3) is 0. The molecule has 0 saturated carbocycles. The van der Waals surface area contributed by atoms with Crippen LogP contribution >= 0.6 is 0 Å². The molecule has 0 saturated heterocycles. The molecule has 0 aliphatic heterocycles. The summed E-state index contributed by atoms with van der Waals surface area (Å²) >= 11 is 0. The highest BCUT2D eigenvalue weighted by atomic mass is 19.1. The molecule has 0 amide bonds. The van der Waals surface area contributed by atoms with E-state index in [1.54, 1.807) is 0 Å². The number of halogens is 1. The van der Waals surface area contributed by atoms with E-state index in [1.165, 1.54) is 12.1 Å². The Balaban J connectivity index is 2.88. The first kappa shape index (κ1) is 5.97. The quantitative estimate of drug-likeness (QED) is 0.559. The number of pyridine rings is 1. The van der Waals surface area contributed by atoms with E-state index in [4.69, 9.17) is 5.90 Å². The minimum Gasteiger partial charge on any atom is -0.391 e. The van der Waals surface area contributed by atoms with E-state index < -0.39 is 5.82 Å². The van der Waals surface area contributed by atoms with E-state index >= 15 is 0 Å². The Labute approximate surface area is 51.2 Å². The summed E-state index contributed by atoms with van der Waals surface area (Å²) in [5.41, 5.74) is 0. The molecular weight excluding hydrogens is 123 g/mol. The number of hydrogen-bond acceptors (Lipinski definition) is 3. The molecule has 0 spiro atoms. The molecule has 4 heteroatoms. The Bertz CT molecular complexity index is 187. The van der Waals surface area contributed by atoms with Gasteiger partial charge in [0.25, 0.3) is 0 Å². The van der Waals surface area contributed by atoms with Crippen molar-refractivity contribution < 1.29 is 9.23 Å². The number of nitrogens with zero attached hydrogens (tertiary/aromatic N) is 1. The van der Waals surface area contributed by atoms with Gasteiger partial charge in [0, 0.05) is 6.07 Å². The summed E-state index contributed by atoms with van der Waals surface area (Å²) in [5, 5.41) is 0. The lowest BCUT2D eigenvalue weighted by Crippen LogP contribution is -2.03. The number of hydrogen-bond donors (Lipinski definition) is 1. The highest BCUT2D eigenvalue weighted by molar-refractivity contribution is 5.09. The zero-order valence-corrected chi connectivity index (χ0v) is 4.54. The molecule has 0 bridgehead atoms. The van der Waals surface area contributed by atoms with Gasteiger partial charge in [-0.25, -0.2) is 9.37 Å². The van der Waals surface area contributed by atoms with Crippen molar-refractivity contribution in [3.05, 3.63) is 24.1 Å². The average Bonchev–Trinajstić information content (AvgIpc) is 1.90. The van der Waals surface area contributed by atoms with Crippen molar-refractivity contribution in [1.82, 2.24) is 4.98 Å². The van der Waals surface area contributed by atoms with E-state index in [-0.39, 0.29) is 5.88 Å². The maximum absolute atomic E-state index is 12.1. The van der Waals surface area contributed by atoms with Crippen LogP contribution in [0.15, 0.2) is 18.3 Å². The molecule has 3 nitrogen and oxygen atoms in total. The van der Waals surface area contributed by atoms with Gasteiger partial charge in [0.05, 0.1) is 6.20 Å². The number of nitrogens with two attached hydrogens (primary N) is 1. The molecule has 0 atom stereocenters. The van der Waals surface area contributed by atoms with Gasteiger partial charge in [0.2, 0.25) is 5.88 Å². The largest absolute Gasteiger partial charge is 0.391 e. The van der Waals surface area contributed by atoms with Crippen molar-refractivity contribution in [2.24, 2.45) is 5.90 Å². The molecule has 9 heavy (non-hydrogen) atoms. The lowest BCUT2D eigenvalue weighted by molar-refractivity contribution is 0.319. The lowest BCUT2D eigenvalue weighted by atomic mass is 10.5. The molecule has 1 aromatic heterocycles. The van der Waals surface area contributed by atoms with Gasteiger partial charge in [-0.05, 0) is 6.07 Å². The van der Waals surface area contributed by atoms with Crippen LogP contribution in [0.2, 0.25) is 0 Å². The number of aromatic nitrogens is 1. The Morgan fingerprint density at radius 1 is 1.56 bits per heavy atom. The first-order chi connectivity index (χ1) is 4.33. The normalized spacial score (nSPS) is 9.11. The smallest absolute Gasteiger partial charge is 0.237 e.